The summed E-state index contributed by atoms with van der Waals surface area (Å²) in [5, 5.41) is 3.68. The fraction of sp³-hybridized carbons (Fsp3) is 0.182. The van der Waals surface area contributed by atoms with Crippen molar-refractivity contribution in [3.05, 3.63) is 36.5 Å². The molecule has 1 aromatic carbocycles. The van der Waals surface area contributed by atoms with Crippen molar-refractivity contribution in [3.63, 3.8) is 0 Å². The Balaban J connectivity index is 2.31. The third-order valence-corrected chi connectivity index (χ3v) is 2.19. The van der Waals surface area contributed by atoms with Gasteiger partial charge in [0.1, 0.15) is 6.73 Å². The molecule has 0 fully saturated rings. The maximum atomic E-state index is 11.7. The summed E-state index contributed by atoms with van der Waals surface area (Å²) in [6.07, 6.45) is 1.75. The Bertz CT molecular complexity index is 476. The van der Waals surface area contributed by atoms with Crippen LogP contribution in [0.5, 0.6) is 0 Å². The maximum absolute atomic E-state index is 11.7. The molecule has 4 heteroatoms. The average Bonchev–Trinajstić information content (AvgIpc) is 2.69. The standard InChI is InChI=1S/C11H12N2O2/c1-15-8-12-11(14)13-7-6-9-4-2-3-5-10(9)13/h2-7H,8H2,1H3,(H,12,14). The third kappa shape index (κ3) is 1.85. The molecule has 78 valence electrons. The molecule has 0 unspecified atom stereocenters. The van der Waals surface area contributed by atoms with E-state index in [9.17, 15) is 4.79 Å². The second-order valence-electron chi connectivity index (χ2n) is 3.16. The van der Waals surface area contributed by atoms with Crippen LogP contribution in [-0.2, 0) is 4.74 Å². The quantitative estimate of drug-likeness (QED) is 0.758. The number of hydrogen-bond donors (Lipinski definition) is 1. The normalized spacial score (nSPS) is 10.5. The summed E-state index contributed by atoms with van der Waals surface area (Å²) >= 11 is 0. The lowest BCUT2D eigenvalue weighted by molar-refractivity contribution is 0.173. The minimum Gasteiger partial charge on any atom is -0.364 e. The number of aromatic nitrogens is 1. The first-order valence-electron chi connectivity index (χ1n) is 4.66. The van der Waals surface area contributed by atoms with Crippen LogP contribution in [0.3, 0.4) is 0 Å². The Kier molecular flexibility index (Phi) is 2.69. The van der Waals surface area contributed by atoms with Crippen LogP contribution in [0, 0.1) is 0 Å². The predicted octanol–water partition coefficient (Wildman–Crippen LogP) is 1.80. The Morgan fingerprint density at radius 1 is 1.40 bits per heavy atom. The van der Waals surface area contributed by atoms with Crippen molar-refractivity contribution in [1.29, 1.82) is 0 Å². The molecule has 2 aromatic rings. The van der Waals surface area contributed by atoms with Gasteiger partial charge in [0.25, 0.3) is 0 Å². The van der Waals surface area contributed by atoms with Crippen LogP contribution in [0.4, 0.5) is 4.79 Å². The van der Waals surface area contributed by atoms with E-state index in [0.717, 1.165) is 10.9 Å². The highest BCUT2D eigenvalue weighted by atomic mass is 16.5. The van der Waals surface area contributed by atoms with Crippen LogP contribution in [-0.4, -0.2) is 24.4 Å². The molecule has 1 N–H and O–H groups in total. The fourth-order valence-corrected chi connectivity index (χ4v) is 1.48. The smallest absolute Gasteiger partial charge is 0.327 e. The van der Waals surface area contributed by atoms with E-state index in [4.69, 9.17) is 4.74 Å². The summed E-state index contributed by atoms with van der Waals surface area (Å²) in [6.45, 7) is 0.214. The van der Waals surface area contributed by atoms with Gasteiger partial charge in [0.05, 0.1) is 5.52 Å². The zero-order chi connectivity index (χ0) is 10.7. The van der Waals surface area contributed by atoms with Crippen LogP contribution < -0.4 is 5.32 Å². The lowest BCUT2D eigenvalue weighted by Crippen LogP contribution is -2.29. The van der Waals surface area contributed by atoms with Gasteiger partial charge < -0.3 is 10.1 Å². The van der Waals surface area contributed by atoms with E-state index < -0.39 is 0 Å². The van der Waals surface area contributed by atoms with Gasteiger partial charge in [-0.2, -0.15) is 0 Å². The van der Waals surface area contributed by atoms with Crippen LogP contribution in [0.15, 0.2) is 36.5 Å². The summed E-state index contributed by atoms with van der Waals surface area (Å²) in [5.74, 6) is 0. The molecule has 15 heavy (non-hydrogen) atoms. The second-order valence-corrected chi connectivity index (χ2v) is 3.16. The van der Waals surface area contributed by atoms with Crippen molar-refractivity contribution >= 4 is 16.9 Å². The lowest BCUT2D eigenvalue weighted by atomic mass is 10.2. The lowest BCUT2D eigenvalue weighted by Gasteiger charge is -2.05. The van der Waals surface area contributed by atoms with Gasteiger partial charge in [0.2, 0.25) is 0 Å². The Hall–Kier alpha value is -1.81. The molecule has 0 aliphatic heterocycles. The topological polar surface area (TPSA) is 43.3 Å². The molecule has 0 aliphatic carbocycles. The van der Waals surface area contributed by atoms with Gasteiger partial charge >= 0.3 is 6.03 Å². The summed E-state index contributed by atoms with van der Waals surface area (Å²) in [7, 11) is 1.54. The van der Waals surface area contributed by atoms with Crippen molar-refractivity contribution in [2.45, 2.75) is 0 Å². The molecule has 1 amide bonds. The van der Waals surface area contributed by atoms with Crippen LogP contribution in [0.25, 0.3) is 10.9 Å². The minimum absolute atomic E-state index is 0.182. The minimum atomic E-state index is -0.182. The number of ether oxygens (including phenoxy) is 1. The Morgan fingerprint density at radius 2 is 2.20 bits per heavy atom. The monoisotopic (exact) mass is 204 g/mol. The SMILES string of the molecule is COCNC(=O)n1ccc2ccccc21. The molecule has 0 spiro atoms. The molecule has 0 radical (unpaired) electrons. The maximum Gasteiger partial charge on any atom is 0.327 e. The molecule has 4 nitrogen and oxygen atoms in total. The number of carbonyl (C=O) groups excluding carboxylic acids is 1. The van der Waals surface area contributed by atoms with Crippen molar-refractivity contribution in [3.8, 4) is 0 Å². The van der Waals surface area contributed by atoms with Gasteiger partial charge in [-0.25, -0.2) is 4.79 Å². The van der Waals surface area contributed by atoms with Crippen LogP contribution in [0.1, 0.15) is 0 Å². The second kappa shape index (κ2) is 4.14. The van der Waals surface area contributed by atoms with E-state index in [1.165, 1.54) is 7.11 Å². The number of fused-ring (bicyclic) bond motifs is 1. The summed E-state index contributed by atoms with van der Waals surface area (Å²) in [6, 6.07) is 9.44. The first-order valence-corrected chi connectivity index (χ1v) is 4.66. The molecule has 0 saturated heterocycles. The number of methoxy groups -OCH3 is 1. The third-order valence-electron chi connectivity index (χ3n) is 2.19. The zero-order valence-corrected chi connectivity index (χ0v) is 8.43. The number of amides is 1. The first kappa shape index (κ1) is 9.73. The van der Waals surface area contributed by atoms with E-state index in [-0.39, 0.29) is 12.8 Å². The van der Waals surface area contributed by atoms with Crippen molar-refractivity contribution in [2.24, 2.45) is 0 Å². The van der Waals surface area contributed by atoms with Gasteiger partial charge in [0.15, 0.2) is 0 Å². The van der Waals surface area contributed by atoms with E-state index in [1.807, 2.05) is 30.3 Å². The van der Waals surface area contributed by atoms with E-state index in [2.05, 4.69) is 5.32 Å². The highest BCUT2D eigenvalue weighted by Crippen LogP contribution is 2.14. The highest BCUT2D eigenvalue weighted by Gasteiger charge is 2.06. The summed E-state index contributed by atoms with van der Waals surface area (Å²) < 4.78 is 6.34. The van der Waals surface area contributed by atoms with Crippen molar-refractivity contribution in [2.75, 3.05) is 13.8 Å². The highest BCUT2D eigenvalue weighted by molar-refractivity contribution is 5.91. The van der Waals surface area contributed by atoms with E-state index in [0.29, 0.717) is 0 Å². The molecular weight excluding hydrogens is 192 g/mol. The number of nitrogens with zero attached hydrogens (tertiary/aromatic N) is 1. The Morgan fingerprint density at radius 3 is 3.00 bits per heavy atom. The molecule has 0 aliphatic rings. The molecule has 1 aromatic heterocycles. The predicted molar refractivity (Wildman–Crippen MR) is 57.7 cm³/mol. The van der Waals surface area contributed by atoms with Gasteiger partial charge in [-0.05, 0) is 12.1 Å². The number of benzene rings is 1. The zero-order valence-electron chi connectivity index (χ0n) is 8.43. The molecule has 0 saturated carbocycles. The number of hydrogen-bond acceptors (Lipinski definition) is 2. The van der Waals surface area contributed by atoms with Gasteiger partial charge in [-0.1, -0.05) is 18.2 Å². The summed E-state index contributed by atoms with van der Waals surface area (Å²) in [5.41, 5.74) is 0.895. The van der Waals surface area contributed by atoms with Gasteiger partial charge in [-0.15, -0.1) is 0 Å². The van der Waals surface area contributed by atoms with Gasteiger partial charge in [0, 0.05) is 18.7 Å². The molecule has 1 heterocycles. The van der Waals surface area contributed by atoms with Crippen LogP contribution in [0.2, 0.25) is 0 Å². The number of nitrogens with one attached hydrogen (secondary N) is 1. The average molecular weight is 204 g/mol. The fourth-order valence-electron chi connectivity index (χ4n) is 1.48. The van der Waals surface area contributed by atoms with E-state index in [1.54, 1.807) is 10.8 Å². The largest absolute Gasteiger partial charge is 0.364 e. The first-order chi connectivity index (χ1) is 7.33. The molecule has 0 atom stereocenters. The van der Waals surface area contributed by atoms with Crippen LogP contribution >= 0.6 is 0 Å². The molecule has 2 rings (SSSR count). The number of para-hydroxylation sites is 1. The van der Waals surface area contributed by atoms with Crippen molar-refractivity contribution in [1.82, 2.24) is 9.88 Å². The number of carbonyl (C=O) groups is 1. The van der Waals surface area contributed by atoms with Crippen molar-refractivity contribution < 1.29 is 9.53 Å². The van der Waals surface area contributed by atoms with Gasteiger partial charge in [-0.3, -0.25) is 4.57 Å². The molecule has 0 bridgehead atoms. The van der Waals surface area contributed by atoms with E-state index >= 15 is 0 Å². The number of rotatable bonds is 2. The molecular formula is C11H12N2O2. The summed E-state index contributed by atoms with van der Waals surface area (Å²) in [4.78, 5) is 11.7. The Labute approximate surface area is 87.5 Å².